The molecule has 2 aliphatic rings. The fraction of sp³-hybridized carbons (Fsp3) is 0.619. The summed E-state index contributed by atoms with van der Waals surface area (Å²) < 4.78 is 0.355. The van der Waals surface area contributed by atoms with Crippen LogP contribution in [0.15, 0.2) is 24.3 Å². The second kappa shape index (κ2) is 7.87. The molecule has 0 aromatic heterocycles. The number of likely N-dealkylation sites (tertiary alicyclic amines) is 1. The zero-order valence-corrected chi connectivity index (χ0v) is 16.8. The number of hydrogen-bond acceptors (Lipinski definition) is 4. The smallest absolute Gasteiger partial charge is 0.369 e. The van der Waals surface area contributed by atoms with Gasteiger partial charge in [-0.15, -0.1) is 0 Å². The highest BCUT2D eigenvalue weighted by molar-refractivity contribution is 5.65. The van der Waals surface area contributed by atoms with Gasteiger partial charge in [-0.25, -0.2) is 9.28 Å². The summed E-state index contributed by atoms with van der Waals surface area (Å²) in [6, 6.07) is 11.0. The highest BCUT2D eigenvalue weighted by Gasteiger charge is 2.51. The van der Waals surface area contributed by atoms with E-state index in [4.69, 9.17) is 11.0 Å². The van der Waals surface area contributed by atoms with Crippen molar-refractivity contribution in [3.8, 4) is 6.07 Å². The second-order valence-corrected chi connectivity index (χ2v) is 8.33. The number of rotatable bonds is 4. The molecule has 0 saturated carbocycles. The van der Waals surface area contributed by atoms with E-state index in [9.17, 15) is 4.79 Å². The Morgan fingerprint density at radius 1 is 1.26 bits per heavy atom. The molecule has 27 heavy (non-hydrogen) atoms. The summed E-state index contributed by atoms with van der Waals surface area (Å²) >= 11 is 0. The van der Waals surface area contributed by atoms with E-state index in [0.717, 1.165) is 39.1 Å². The topological polar surface area (TPSA) is 73.4 Å². The largest absolute Gasteiger partial charge is 0.414 e. The van der Waals surface area contributed by atoms with Crippen LogP contribution in [0.3, 0.4) is 0 Å². The lowest BCUT2D eigenvalue weighted by Crippen LogP contribution is -2.59. The zero-order chi connectivity index (χ0) is 19.6. The van der Waals surface area contributed by atoms with E-state index in [1.54, 1.807) is 0 Å². The Hall–Kier alpha value is -2.10. The Bertz CT molecular complexity index is 704. The van der Waals surface area contributed by atoms with E-state index in [2.05, 4.69) is 60.9 Å². The molecule has 1 aromatic carbocycles. The van der Waals surface area contributed by atoms with Crippen molar-refractivity contribution in [3.05, 3.63) is 29.8 Å². The summed E-state index contributed by atoms with van der Waals surface area (Å²) in [4.78, 5) is 17.0. The highest BCUT2D eigenvalue weighted by atomic mass is 16.2. The molecule has 3 unspecified atom stereocenters. The van der Waals surface area contributed by atoms with Crippen molar-refractivity contribution in [3.63, 3.8) is 0 Å². The first-order chi connectivity index (χ1) is 12.9. The van der Waals surface area contributed by atoms with E-state index in [1.807, 2.05) is 0 Å². The molecular formula is C21H32N5O+. The molecule has 0 spiro atoms. The zero-order valence-electron chi connectivity index (χ0n) is 16.8. The Kier molecular flexibility index (Phi) is 5.73. The van der Waals surface area contributed by atoms with Crippen LogP contribution in [0, 0.1) is 17.2 Å². The number of hydrogen-bond donors (Lipinski definition) is 1. The van der Waals surface area contributed by atoms with E-state index in [-0.39, 0.29) is 18.1 Å². The lowest BCUT2D eigenvalue weighted by atomic mass is 10.0. The van der Waals surface area contributed by atoms with Crippen LogP contribution in [0.2, 0.25) is 0 Å². The average molecular weight is 371 g/mol. The molecule has 0 bridgehead atoms. The number of carbonyl (C=O) groups excluding carboxylic acids is 1. The number of benzene rings is 1. The SMILES string of the molecule is CC1C[C@H](C)C[N+]1(C(N)=O)C(C)c1ccc(N2CCN(CC#N)CC2)cc1. The van der Waals surface area contributed by atoms with Gasteiger partial charge in [-0.3, -0.25) is 4.90 Å². The van der Waals surface area contributed by atoms with Crippen molar-refractivity contribution in [2.24, 2.45) is 11.7 Å². The van der Waals surface area contributed by atoms with Crippen molar-refractivity contribution in [2.75, 3.05) is 44.2 Å². The van der Waals surface area contributed by atoms with Gasteiger partial charge in [0.25, 0.3) is 0 Å². The van der Waals surface area contributed by atoms with Crippen molar-refractivity contribution in [1.82, 2.24) is 4.90 Å². The van der Waals surface area contributed by atoms with Crippen LogP contribution < -0.4 is 10.6 Å². The third-order valence-corrected chi connectivity index (χ3v) is 6.65. The number of nitriles is 1. The van der Waals surface area contributed by atoms with Gasteiger partial charge in [-0.2, -0.15) is 5.26 Å². The lowest BCUT2D eigenvalue weighted by molar-refractivity contribution is -0.890. The van der Waals surface area contributed by atoms with Crippen LogP contribution in [0.5, 0.6) is 0 Å². The number of carbonyl (C=O) groups is 1. The van der Waals surface area contributed by atoms with E-state index >= 15 is 0 Å². The molecule has 0 radical (unpaired) electrons. The molecule has 2 heterocycles. The van der Waals surface area contributed by atoms with Gasteiger partial charge < -0.3 is 10.6 Å². The summed E-state index contributed by atoms with van der Waals surface area (Å²) in [6.07, 6.45) is 1.04. The minimum atomic E-state index is -0.211. The molecule has 2 saturated heterocycles. The summed E-state index contributed by atoms with van der Waals surface area (Å²) in [6.45, 7) is 11.5. The molecule has 0 aliphatic carbocycles. The number of urea groups is 1. The van der Waals surface area contributed by atoms with Crippen molar-refractivity contribution in [1.29, 1.82) is 5.26 Å². The number of nitrogens with two attached hydrogens (primary N) is 1. The maximum absolute atomic E-state index is 12.5. The molecule has 2 fully saturated rings. The van der Waals surface area contributed by atoms with Crippen molar-refractivity contribution in [2.45, 2.75) is 39.3 Å². The number of quaternary nitrogens is 1. The number of primary amides is 1. The second-order valence-electron chi connectivity index (χ2n) is 8.33. The van der Waals surface area contributed by atoms with Crippen LogP contribution in [0.1, 0.15) is 38.8 Å². The van der Waals surface area contributed by atoms with Gasteiger partial charge in [-0.05, 0) is 26.0 Å². The van der Waals surface area contributed by atoms with Gasteiger partial charge in [0.2, 0.25) is 0 Å². The number of piperazine rings is 1. The Morgan fingerprint density at radius 2 is 1.89 bits per heavy atom. The van der Waals surface area contributed by atoms with Crippen molar-refractivity contribution < 1.29 is 9.28 Å². The summed E-state index contributed by atoms with van der Waals surface area (Å²) in [5.41, 5.74) is 8.28. The van der Waals surface area contributed by atoms with Gasteiger partial charge in [0, 0.05) is 49.8 Å². The standard InChI is InChI=1S/C21H31N5O/c1-16-14-17(2)26(15-16,21(23)27)18(3)19-4-6-20(7-5-19)25-12-10-24(9-8-22)11-13-25/h4-7,16-18H,9-15H2,1-3H3,(H-,23,27)/p+1/t16-,17?,18?,26?/m0/s1. The number of nitrogens with zero attached hydrogens (tertiary/aromatic N) is 4. The maximum atomic E-state index is 12.5. The third kappa shape index (κ3) is 3.67. The first-order valence-corrected chi connectivity index (χ1v) is 10.00. The molecule has 6 heteroatoms. The van der Waals surface area contributed by atoms with Gasteiger partial charge in [-0.1, -0.05) is 19.1 Å². The van der Waals surface area contributed by atoms with Gasteiger partial charge in [0.05, 0.1) is 25.2 Å². The molecule has 2 aliphatic heterocycles. The fourth-order valence-electron chi connectivity index (χ4n) is 5.07. The Labute approximate surface area is 162 Å². The van der Waals surface area contributed by atoms with Gasteiger partial charge >= 0.3 is 6.03 Å². The molecule has 146 valence electrons. The highest BCUT2D eigenvalue weighted by Crippen LogP contribution is 2.40. The molecule has 2 amide bonds. The predicted octanol–water partition coefficient (Wildman–Crippen LogP) is 2.72. The minimum absolute atomic E-state index is 0.0592. The first kappa shape index (κ1) is 19.7. The minimum Gasteiger partial charge on any atom is -0.369 e. The van der Waals surface area contributed by atoms with Crippen molar-refractivity contribution >= 4 is 11.7 Å². The first-order valence-electron chi connectivity index (χ1n) is 10.00. The fourth-order valence-corrected chi connectivity index (χ4v) is 5.07. The predicted molar refractivity (Wildman–Crippen MR) is 107 cm³/mol. The molecular weight excluding hydrogens is 338 g/mol. The van der Waals surface area contributed by atoms with Crippen LogP contribution in [0.4, 0.5) is 10.5 Å². The Morgan fingerprint density at radius 3 is 2.37 bits per heavy atom. The Balaban J connectivity index is 1.73. The normalized spacial score (nSPS) is 30.1. The molecule has 1 aromatic rings. The lowest BCUT2D eigenvalue weighted by Gasteiger charge is -2.40. The number of anilines is 1. The van der Waals surface area contributed by atoms with Gasteiger partial charge in [0.1, 0.15) is 6.04 Å². The van der Waals surface area contributed by atoms with Crippen LogP contribution >= 0.6 is 0 Å². The molecule has 2 N–H and O–H groups in total. The van der Waals surface area contributed by atoms with Gasteiger partial charge in [0.15, 0.2) is 0 Å². The third-order valence-electron chi connectivity index (χ3n) is 6.65. The monoisotopic (exact) mass is 370 g/mol. The quantitative estimate of drug-likeness (QED) is 0.653. The molecule has 4 atom stereocenters. The van der Waals surface area contributed by atoms with Crippen LogP contribution in [-0.4, -0.2) is 60.7 Å². The maximum Gasteiger partial charge on any atom is 0.414 e. The molecule has 6 nitrogen and oxygen atoms in total. The number of amides is 2. The summed E-state index contributed by atoms with van der Waals surface area (Å²) in [7, 11) is 0. The summed E-state index contributed by atoms with van der Waals surface area (Å²) in [5.74, 6) is 0.513. The van der Waals surface area contributed by atoms with E-state index < -0.39 is 0 Å². The van der Waals surface area contributed by atoms with E-state index in [0.29, 0.717) is 16.9 Å². The summed E-state index contributed by atoms with van der Waals surface area (Å²) in [5, 5.41) is 8.83. The van der Waals surface area contributed by atoms with E-state index in [1.165, 1.54) is 11.3 Å². The van der Waals surface area contributed by atoms with Crippen LogP contribution in [0.25, 0.3) is 0 Å². The molecule has 3 rings (SSSR count). The average Bonchev–Trinajstić information content (AvgIpc) is 2.97. The van der Waals surface area contributed by atoms with Crippen LogP contribution in [-0.2, 0) is 0 Å².